The number of benzene rings is 6. The van der Waals surface area contributed by atoms with Crippen molar-refractivity contribution >= 4 is 11.3 Å². The highest BCUT2D eigenvalue weighted by atomic mass is 14.6. The maximum Gasteiger partial charge on any atom is 0.0350 e. The van der Waals surface area contributed by atoms with Crippen LogP contribution < -0.4 is 5.73 Å². The van der Waals surface area contributed by atoms with Crippen LogP contribution in [0.5, 0.6) is 0 Å². The van der Waals surface area contributed by atoms with Gasteiger partial charge in [-0.1, -0.05) is 176 Å². The summed E-state index contributed by atoms with van der Waals surface area (Å²) in [7, 11) is 0. The van der Waals surface area contributed by atoms with Crippen molar-refractivity contribution in [3.05, 3.63) is 193 Å². The van der Waals surface area contributed by atoms with E-state index in [0.29, 0.717) is 0 Å². The molecule has 0 aromatic heterocycles. The molecule has 1 aliphatic carbocycles. The second kappa shape index (κ2) is 13.5. The molecule has 0 unspecified atom stereocenters. The van der Waals surface area contributed by atoms with Gasteiger partial charge in [0.1, 0.15) is 0 Å². The molecule has 0 atom stereocenters. The van der Waals surface area contributed by atoms with Crippen LogP contribution in [0, 0.1) is 0 Å². The molecule has 7 rings (SSSR count). The minimum absolute atomic E-state index is 0.796. The summed E-state index contributed by atoms with van der Waals surface area (Å²) in [6, 6.07) is 54.2. The van der Waals surface area contributed by atoms with Gasteiger partial charge in [-0.25, -0.2) is 0 Å². The first-order valence-corrected chi connectivity index (χ1v) is 16.1. The van der Waals surface area contributed by atoms with E-state index in [2.05, 4.69) is 176 Å². The average molecular weight is 592 g/mol. The summed E-state index contributed by atoms with van der Waals surface area (Å²) in [6.45, 7) is 0. The number of nitrogens with two attached hydrogens (primary N) is 1. The van der Waals surface area contributed by atoms with Crippen molar-refractivity contribution in [3.63, 3.8) is 0 Å². The summed E-state index contributed by atoms with van der Waals surface area (Å²) in [5, 5.41) is 0. The van der Waals surface area contributed by atoms with Crippen molar-refractivity contribution in [3.8, 4) is 44.5 Å². The van der Waals surface area contributed by atoms with Crippen molar-refractivity contribution in [1.82, 2.24) is 0 Å². The Balaban J connectivity index is 1.15. The normalized spacial score (nSPS) is 13.0. The highest BCUT2D eigenvalue weighted by Crippen LogP contribution is 2.41. The number of hydrogen-bond donors (Lipinski definition) is 1. The maximum atomic E-state index is 6.59. The van der Waals surface area contributed by atoms with E-state index < -0.39 is 0 Å². The van der Waals surface area contributed by atoms with Gasteiger partial charge in [0.2, 0.25) is 0 Å². The van der Waals surface area contributed by atoms with Crippen LogP contribution in [0.3, 0.4) is 0 Å². The van der Waals surface area contributed by atoms with Crippen molar-refractivity contribution < 1.29 is 0 Å². The first-order valence-electron chi connectivity index (χ1n) is 16.1. The molecule has 2 N–H and O–H groups in total. The summed E-state index contributed by atoms with van der Waals surface area (Å²) < 4.78 is 0. The average Bonchev–Trinajstić information content (AvgIpc) is 3.15. The predicted octanol–water partition coefficient (Wildman–Crippen LogP) is 11.6. The van der Waals surface area contributed by atoms with E-state index in [1.165, 1.54) is 61.2 Å². The molecule has 6 aromatic rings. The molecule has 0 saturated heterocycles. The Hall–Kier alpha value is -5.66. The second-order valence-corrected chi connectivity index (χ2v) is 11.8. The first kappa shape index (κ1) is 29.1. The lowest BCUT2D eigenvalue weighted by atomic mass is 9.86. The number of allylic oxidation sites excluding steroid dienone is 5. The minimum Gasteiger partial charge on any atom is -0.398 e. The monoisotopic (exact) mass is 591 g/mol. The summed E-state index contributed by atoms with van der Waals surface area (Å²) in [6.07, 6.45) is 12.0. The number of rotatable bonds is 8. The third kappa shape index (κ3) is 6.27. The lowest BCUT2D eigenvalue weighted by molar-refractivity contribution is 1.04. The molecule has 0 bridgehead atoms. The van der Waals surface area contributed by atoms with Crippen LogP contribution in [0.2, 0.25) is 0 Å². The molecule has 0 amide bonds. The van der Waals surface area contributed by atoms with Crippen molar-refractivity contribution in [1.29, 1.82) is 0 Å². The molecule has 0 saturated carbocycles. The van der Waals surface area contributed by atoms with Crippen molar-refractivity contribution in [2.24, 2.45) is 5.73 Å². The topological polar surface area (TPSA) is 26.0 Å². The smallest absolute Gasteiger partial charge is 0.0350 e. The fourth-order valence-corrected chi connectivity index (χ4v) is 6.36. The zero-order chi connectivity index (χ0) is 31.1. The predicted molar refractivity (Wildman–Crippen MR) is 197 cm³/mol. The Morgan fingerprint density at radius 1 is 0.478 bits per heavy atom. The molecular formula is C45H37N. The Morgan fingerprint density at radius 2 is 0.957 bits per heavy atom. The summed E-state index contributed by atoms with van der Waals surface area (Å²) in [5.74, 6) is 0. The Kier molecular flexibility index (Phi) is 8.56. The Bertz CT molecular complexity index is 2040. The quantitative estimate of drug-likeness (QED) is 0.187. The zero-order valence-corrected chi connectivity index (χ0v) is 25.9. The Labute approximate surface area is 272 Å². The molecule has 1 nitrogen and oxygen atoms in total. The lowest BCUT2D eigenvalue weighted by Gasteiger charge is -2.17. The van der Waals surface area contributed by atoms with Gasteiger partial charge in [0.15, 0.2) is 0 Å². The van der Waals surface area contributed by atoms with Crippen LogP contribution >= 0.6 is 0 Å². The van der Waals surface area contributed by atoms with Crippen LogP contribution in [0.1, 0.15) is 29.5 Å². The molecule has 0 heterocycles. The summed E-state index contributed by atoms with van der Waals surface area (Å²) in [4.78, 5) is 0. The van der Waals surface area contributed by atoms with Crippen LogP contribution in [0.4, 0.5) is 0 Å². The molecule has 6 aromatic carbocycles. The molecule has 0 fully saturated rings. The molecule has 1 heteroatoms. The van der Waals surface area contributed by atoms with Crippen LogP contribution in [-0.4, -0.2) is 0 Å². The second-order valence-electron chi connectivity index (χ2n) is 11.8. The highest BCUT2D eigenvalue weighted by molar-refractivity contribution is 5.95. The first-order chi connectivity index (χ1) is 22.7. The fourth-order valence-electron chi connectivity index (χ4n) is 6.36. The lowest BCUT2D eigenvalue weighted by Crippen LogP contribution is -1.97. The zero-order valence-electron chi connectivity index (χ0n) is 25.9. The van der Waals surface area contributed by atoms with E-state index in [1.54, 1.807) is 0 Å². The molecule has 46 heavy (non-hydrogen) atoms. The van der Waals surface area contributed by atoms with E-state index in [0.717, 1.165) is 30.5 Å². The third-order valence-corrected chi connectivity index (χ3v) is 8.82. The van der Waals surface area contributed by atoms with E-state index in [-0.39, 0.29) is 0 Å². The standard InChI is InChI=1S/C45H37N/c46-45(32-25-33-23-26-35(27-24-33)34-13-3-1-4-14-34)38-30-28-37(29-31-38)40-18-8-10-20-42(40)44-22-12-11-21-43(44)41-19-9-7-17-39(41)36-15-5-2-6-16-36/h2-3,5-24,26-32H,1,4,25,46H2/b45-32-. The van der Waals surface area contributed by atoms with Gasteiger partial charge in [0.05, 0.1) is 0 Å². The molecule has 1 aliphatic rings. The van der Waals surface area contributed by atoms with Gasteiger partial charge in [-0.15, -0.1) is 0 Å². The van der Waals surface area contributed by atoms with Crippen LogP contribution in [0.25, 0.3) is 55.8 Å². The van der Waals surface area contributed by atoms with Gasteiger partial charge in [-0.05, 0) is 86.0 Å². The highest BCUT2D eigenvalue weighted by Gasteiger charge is 2.15. The summed E-state index contributed by atoms with van der Waals surface area (Å²) >= 11 is 0. The van der Waals surface area contributed by atoms with E-state index >= 15 is 0 Å². The molecule has 222 valence electrons. The largest absolute Gasteiger partial charge is 0.398 e. The Morgan fingerprint density at radius 3 is 1.50 bits per heavy atom. The molecule has 0 radical (unpaired) electrons. The van der Waals surface area contributed by atoms with Gasteiger partial charge in [-0.2, -0.15) is 0 Å². The molecule has 0 spiro atoms. The van der Waals surface area contributed by atoms with E-state index in [1.807, 2.05) is 0 Å². The summed E-state index contributed by atoms with van der Waals surface area (Å²) in [5.41, 5.74) is 21.9. The van der Waals surface area contributed by atoms with E-state index in [9.17, 15) is 0 Å². The molecular weight excluding hydrogens is 555 g/mol. The minimum atomic E-state index is 0.796. The van der Waals surface area contributed by atoms with Gasteiger partial charge < -0.3 is 5.73 Å². The van der Waals surface area contributed by atoms with Gasteiger partial charge in [0.25, 0.3) is 0 Å². The van der Waals surface area contributed by atoms with E-state index in [4.69, 9.17) is 5.73 Å². The van der Waals surface area contributed by atoms with Gasteiger partial charge in [-0.3, -0.25) is 0 Å². The van der Waals surface area contributed by atoms with Gasteiger partial charge in [0, 0.05) is 5.70 Å². The van der Waals surface area contributed by atoms with Gasteiger partial charge >= 0.3 is 0 Å². The fraction of sp³-hybridized carbons (Fsp3) is 0.0667. The van der Waals surface area contributed by atoms with Crippen LogP contribution in [-0.2, 0) is 6.42 Å². The van der Waals surface area contributed by atoms with Crippen molar-refractivity contribution in [2.45, 2.75) is 19.3 Å². The van der Waals surface area contributed by atoms with Crippen molar-refractivity contribution in [2.75, 3.05) is 0 Å². The third-order valence-electron chi connectivity index (χ3n) is 8.82. The van der Waals surface area contributed by atoms with Crippen LogP contribution in [0.15, 0.2) is 176 Å². The SMILES string of the molecule is N/C(=C\Cc1ccc(C2=CCCC=C2)cc1)c1ccc(-c2ccccc2-c2ccccc2-c2ccccc2-c2ccccc2)cc1. The maximum absolute atomic E-state index is 6.59. The number of hydrogen-bond acceptors (Lipinski definition) is 1. The molecule has 0 aliphatic heterocycles.